The minimum Gasteiger partial charge on any atom is -0.496 e. The van der Waals surface area contributed by atoms with Gasteiger partial charge in [0.15, 0.2) is 0 Å². The molecule has 0 saturated heterocycles. The SMILES string of the molecule is COc1cccc2c1CCCC(N[C@@H](Cc1ccccc1)C(=O)O)C2. The predicted octanol–water partition coefficient (Wildman–Crippen LogP) is 3.23. The standard InChI is InChI=1S/C21H25NO3/c1-25-20-12-5-9-16-14-17(10-6-11-18(16)20)22-19(21(23)24)13-15-7-3-2-4-8-15/h2-5,7-9,12,17,19,22H,6,10-11,13-14H2,1H3,(H,23,24)/t17?,19-/m0/s1. The molecule has 0 spiro atoms. The lowest BCUT2D eigenvalue weighted by atomic mass is 9.99. The second-order valence-corrected chi connectivity index (χ2v) is 6.64. The molecule has 25 heavy (non-hydrogen) atoms. The topological polar surface area (TPSA) is 58.6 Å². The highest BCUT2D eigenvalue weighted by Gasteiger charge is 2.25. The number of nitrogens with one attached hydrogen (secondary N) is 1. The quantitative estimate of drug-likeness (QED) is 0.794. The minimum absolute atomic E-state index is 0.165. The van der Waals surface area contributed by atoms with Crippen LogP contribution in [0.15, 0.2) is 48.5 Å². The monoisotopic (exact) mass is 339 g/mol. The summed E-state index contributed by atoms with van der Waals surface area (Å²) < 4.78 is 5.49. The molecule has 0 saturated carbocycles. The molecule has 1 unspecified atom stereocenters. The van der Waals surface area contributed by atoms with E-state index in [1.54, 1.807) is 7.11 Å². The smallest absolute Gasteiger partial charge is 0.321 e. The minimum atomic E-state index is -0.793. The fourth-order valence-electron chi connectivity index (χ4n) is 3.66. The highest BCUT2D eigenvalue weighted by atomic mass is 16.5. The van der Waals surface area contributed by atoms with Gasteiger partial charge < -0.3 is 15.2 Å². The highest BCUT2D eigenvalue weighted by Crippen LogP contribution is 2.29. The van der Waals surface area contributed by atoms with Crippen LogP contribution >= 0.6 is 0 Å². The Morgan fingerprint density at radius 1 is 1.24 bits per heavy atom. The van der Waals surface area contributed by atoms with Gasteiger partial charge in [-0.15, -0.1) is 0 Å². The molecule has 1 aliphatic carbocycles. The van der Waals surface area contributed by atoms with Gasteiger partial charge in [0.2, 0.25) is 0 Å². The van der Waals surface area contributed by atoms with Crippen molar-refractivity contribution in [3.63, 3.8) is 0 Å². The van der Waals surface area contributed by atoms with Crippen molar-refractivity contribution in [1.82, 2.24) is 5.32 Å². The number of carboxylic acids is 1. The lowest BCUT2D eigenvalue weighted by molar-refractivity contribution is -0.139. The van der Waals surface area contributed by atoms with Crippen LogP contribution in [-0.2, 0) is 24.1 Å². The Bertz CT molecular complexity index is 714. The number of hydrogen-bond donors (Lipinski definition) is 2. The molecule has 2 N–H and O–H groups in total. The van der Waals surface area contributed by atoms with Gasteiger partial charge in [-0.25, -0.2) is 0 Å². The van der Waals surface area contributed by atoms with E-state index in [1.807, 2.05) is 42.5 Å². The third-order valence-corrected chi connectivity index (χ3v) is 4.91. The van der Waals surface area contributed by atoms with Crippen molar-refractivity contribution in [2.45, 2.75) is 44.2 Å². The zero-order valence-electron chi connectivity index (χ0n) is 14.6. The maximum Gasteiger partial charge on any atom is 0.321 e. The molecular formula is C21H25NO3. The van der Waals surface area contributed by atoms with Crippen molar-refractivity contribution in [2.75, 3.05) is 7.11 Å². The second kappa shape index (κ2) is 8.17. The largest absolute Gasteiger partial charge is 0.496 e. The second-order valence-electron chi connectivity index (χ2n) is 6.64. The summed E-state index contributed by atoms with van der Waals surface area (Å²) in [6, 6.07) is 15.5. The van der Waals surface area contributed by atoms with Gasteiger partial charge in [-0.1, -0.05) is 42.5 Å². The van der Waals surface area contributed by atoms with Crippen molar-refractivity contribution in [3.8, 4) is 5.75 Å². The number of rotatable bonds is 6. The molecule has 0 radical (unpaired) electrons. The van der Waals surface area contributed by atoms with Crippen molar-refractivity contribution in [1.29, 1.82) is 0 Å². The zero-order chi connectivity index (χ0) is 17.6. The summed E-state index contributed by atoms with van der Waals surface area (Å²) >= 11 is 0. The third kappa shape index (κ3) is 4.40. The Balaban J connectivity index is 1.73. The Kier molecular flexibility index (Phi) is 5.71. The Hall–Kier alpha value is -2.33. The van der Waals surface area contributed by atoms with E-state index in [1.165, 1.54) is 11.1 Å². The molecule has 132 valence electrons. The zero-order valence-corrected chi connectivity index (χ0v) is 14.6. The van der Waals surface area contributed by atoms with E-state index in [-0.39, 0.29) is 6.04 Å². The normalized spacial score (nSPS) is 18.0. The molecule has 2 aromatic carbocycles. The molecule has 0 heterocycles. The third-order valence-electron chi connectivity index (χ3n) is 4.91. The number of ether oxygens (including phenoxy) is 1. The molecule has 0 aliphatic heterocycles. The molecule has 0 amide bonds. The summed E-state index contributed by atoms with van der Waals surface area (Å²) in [4.78, 5) is 11.7. The van der Waals surface area contributed by atoms with Crippen molar-refractivity contribution in [3.05, 3.63) is 65.2 Å². The number of hydrogen-bond acceptors (Lipinski definition) is 3. The van der Waals surface area contributed by atoms with E-state index in [4.69, 9.17) is 4.74 Å². The number of carbonyl (C=O) groups is 1. The van der Waals surface area contributed by atoms with E-state index in [2.05, 4.69) is 11.4 Å². The first-order valence-corrected chi connectivity index (χ1v) is 8.85. The average Bonchev–Trinajstić information content (AvgIpc) is 2.83. The van der Waals surface area contributed by atoms with Crippen LogP contribution in [0.3, 0.4) is 0 Å². The lowest BCUT2D eigenvalue weighted by Crippen LogP contribution is -2.45. The van der Waals surface area contributed by atoms with Gasteiger partial charge in [0.1, 0.15) is 11.8 Å². The molecule has 0 fully saturated rings. The van der Waals surface area contributed by atoms with Crippen molar-refractivity contribution >= 4 is 5.97 Å². The van der Waals surface area contributed by atoms with Crippen LogP contribution in [0, 0.1) is 0 Å². The number of aliphatic carboxylic acids is 1. The van der Waals surface area contributed by atoms with Crippen LogP contribution in [0.2, 0.25) is 0 Å². The first-order valence-electron chi connectivity index (χ1n) is 8.85. The molecule has 2 atom stereocenters. The van der Waals surface area contributed by atoms with Crippen LogP contribution < -0.4 is 10.1 Å². The first kappa shape index (κ1) is 17.5. The van der Waals surface area contributed by atoms with Crippen LogP contribution in [-0.4, -0.2) is 30.3 Å². The predicted molar refractivity (Wildman–Crippen MR) is 98.1 cm³/mol. The van der Waals surface area contributed by atoms with Gasteiger partial charge in [0.05, 0.1) is 7.11 Å². The highest BCUT2D eigenvalue weighted by molar-refractivity contribution is 5.74. The molecule has 0 bridgehead atoms. The summed E-state index contributed by atoms with van der Waals surface area (Å²) in [6.07, 6.45) is 4.32. The van der Waals surface area contributed by atoms with Crippen molar-refractivity contribution < 1.29 is 14.6 Å². The maximum atomic E-state index is 11.7. The van der Waals surface area contributed by atoms with Crippen molar-refractivity contribution in [2.24, 2.45) is 0 Å². The lowest BCUT2D eigenvalue weighted by Gasteiger charge is -2.22. The Labute approximate surface area is 148 Å². The van der Waals surface area contributed by atoms with Gasteiger partial charge in [0, 0.05) is 6.04 Å². The fourth-order valence-corrected chi connectivity index (χ4v) is 3.66. The molecule has 4 heteroatoms. The van der Waals surface area contributed by atoms with E-state index < -0.39 is 12.0 Å². The molecule has 4 nitrogen and oxygen atoms in total. The average molecular weight is 339 g/mol. The number of fused-ring (bicyclic) bond motifs is 1. The molecular weight excluding hydrogens is 314 g/mol. The number of methoxy groups -OCH3 is 1. The summed E-state index contributed by atoms with van der Waals surface area (Å²) in [7, 11) is 1.70. The van der Waals surface area contributed by atoms with Gasteiger partial charge >= 0.3 is 5.97 Å². The molecule has 1 aliphatic rings. The van der Waals surface area contributed by atoms with Gasteiger partial charge in [0.25, 0.3) is 0 Å². The molecule has 0 aromatic heterocycles. The first-order chi connectivity index (χ1) is 12.2. The summed E-state index contributed by atoms with van der Waals surface area (Å²) in [6.45, 7) is 0. The Morgan fingerprint density at radius 3 is 2.76 bits per heavy atom. The van der Waals surface area contributed by atoms with Gasteiger partial charge in [-0.05, 0) is 54.9 Å². The van der Waals surface area contributed by atoms with Crippen LogP contribution in [0.5, 0.6) is 5.75 Å². The summed E-state index contributed by atoms with van der Waals surface area (Å²) in [5.74, 6) is 0.149. The van der Waals surface area contributed by atoms with Crippen LogP contribution in [0.4, 0.5) is 0 Å². The van der Waals surface area contributed by atoms with E-state index in [9.17, 15) is 9.90 Å². The maximum absolute atomic E-state index is 11.7. The summed E-state index contributed by atoms with van der Waals surface area (Å²) in [5.41, 5.74) is 3.57. The van der Waals surface area contributed by atoms with E-state index in [0.29, 0.717) is 6.42 Å². The van der Waals surface area contributed by atoms with E-state index in [0.717, 1.165) is 37.0 Å². The van der Waals surface area contributed by atoms with Gasteiger partial charge in [-0.2, -0.15) is 0 Å². The molecule has 3 rings (SSSR count). The fraction of sp³-hybridized carbons (Fsp3) is 0.381. The van der Waals surface area contributed by atoms with E-state index >= 15 is 0 Å². The number of carboxylic acid groups (broad SMARTS) is 1. The van der Waals surface area contributed by atoms with Crippen LogP contribution in [0.25, 0.3) is 0 Å². The summed E-state index contributed by atoms with van der Waals surface area (Å²) in [5, 5.41) is 13.0. The van der Waals surface area contributed by atoms with Gasteiger partial charge in [-0.3, -0.25) is 4.79 Å². The molecule has 2 aromatic rings. The Morgan fingerprint density at radius 2 is 2.04 bits per heavy atom. The number of benzene rings is 2. The van der Waals surface area contributed by atoms with Crippen LogP contribution in [0.1, 0.15) is 29.5 Å².